The normalized spacial score (nSPS) is 13.8. The summed E-state index contributed by atoms with van der Waals surface area (Å²) in [5.41, 5.74) is 3.98. The van der Waals surface area contributed by atoms with Crippen molar-refractivity contribution in [3.05, 3.63) is 93.8 Å². The van der Waals surface area contributed by atoms with Crippen molar-refractivity contribution >= 4 is 17.6 Å². The molecule has 0 bridgehead atoms. The molecule has 3 aromatic carbocycles. The molecule has 0 amide bonds. The van der Waals surface area contributed by atoms with E-state index in [1.54, 1.807) is 18.2 Å². The van der Waals surface area contributed by atoms with Crippen molar-refractivity contribution in [2.45, 2.75) is 71.1 Å². The van der Waals surface area contributed by atoms with Gasteiger partial charge in [0, 0.05) is 12.1 Å². The van der Waals surface area contributed by atoms with Crippen LogP contribution in [-0.2, 0) is 16.6 Å². The Labute approximate surface area is 236 Å². The minimum atomic E-state index is -0.942. The number of carboxylic acids is 1. The van der Waals surface area contributed by atoms with E-state index in [0.29, 0.717) is 18.5 Å². The van der Waals surface area contributed by atoms with Gasteiger partial charge >= 0.3 is 5.97 Å². The zero-order chi connectivity index (χ0) is 29.0. The van der Waals surface area contributed by atoms with Crippen LogP contribution in [-0.4, -0.2) is 41.0 Å². The molecule has 0 saturated carbocycles. The van der Waals surface area contributed by atoms with Gasteiger partial charge in [-0.1, -0.05) is 68.8 Å². The molecule has 0 aliphatic heterocycles. The van der Waals surface area contributed by atoms with E-state index in [0.717, 1.165) is 27.8 Å². The van der Waals surface area contributed by atoms with Gasteiger partial charge in [0.05, 0.1) is 29.4 Å². The Balaban J connectivity index is 1.66. The average Bonchev–Trinajstić information content (AvgIpc) is 2.87. The number of nitrogens with one attached hydrogen (secondary N) is 1. The van der Waals surface area contributed by atoms with Gasteiger partial charge in [-0.25, -0.2) is 9.18 Å². The van der Waals surface area contributed by atoms with E-state index in [1.807, 2.05) is 77.9 Å². The molecule has 7 heteroatoms. The summed E-state index contributed by atoms with van der Waals surface area (Å²) in [6.45, 7) is 12.4. The van der Waals surface area contributed by atoms with E-state index in [4.69, 9.17) is 16.3 Å². The predicted octanol–water partition coefficient (Wildman–Crippen LogP) is 7.19. The molecule has 0 saturated heterocycles. The van der Waals surface area contributed by atoms with Crippen LogP contribution in [0.2, 0.25) is 5.02 Å². The van der Waals surface area contributed by atoms with Crippen molar-refractivity contribution in [2.24, 2.45) is 0 Å². The lowest BCUT2D eigenvalue weighted by Crippen LogP contribution is -2.46. The number of hydrogen-bond donors (Lipinski definition) is 3. The first-order chi connectivity index (χ1) is 18.2. The van der Waals surface area contributed by atoms with E-state index in [9.17, 15) is 19.4 Å². The maximum atomic E-state index is 13.8. The standard InChI is InChI=1S/C32H39ClFNO4/c1-20(39-19-23(36)18-35-32(5,6)17-21-11-14-28(33)29(34)15-21)24-9-7-8-10-25(24)22-12-13-26(30(37)38)27(16-22)31(2,3)4/h7-16,20,23,35-36H,17-19H2,1-6H3,(H,37,38)/t20?,23-/m0/s1. The summed E-state index contributed by atoms with van der Waals surface area (Å²) in [6.07, 6.45) is -0.489. The van der Waals surface area contributed by atoms with E-state index in [2.05, 4.69) is 5.32 Å². The SMILES string of the molecule is CC(OC[C@@H](O)CNC(C)(C)Cc1ccc(Cl)c(F)c1)c1ccccc1-c1ccc(C(=O)O)c(C(C)(C)C)c1. The van der Waals surface area contributed by atoms with Crippen LogP contribution in [0.1, 0.15) is 74.7 Å². The minimum Gasteiger partial charge on any atom is -0.478 e. The van der Waals surface area contributed by atoms with Crippen molar-refractivity contribution in [1.82, 2.24) is 5.32 Å². The molecular weight excluding hydrogens is 517 g/mol. The average molecular weight is 556 g/mol. The monoisotopic (exact) mass is 555 g/mol. The lowest BCUT2D eigenvalue weighted by atomic mass is 9.81. The second kappa shape index (κ2) is 12.6. The number of halogens is 2. The summed E-state index contributed by atoms with van der Waals surface area (Å²) < 4.78 is 19.9. The number of rotatable bonds is 11. The molecule has 39 heavy (non-hydrogen) atoms. The molecule has 1 unspecified atom stereocenters. The first-order valence-electron chi connectivity index (χ1n) is 13.1. The highest BCUT2D eigenvalue weighted by Gasteiger charge is 2.24. The summed E-state index contributed by atoms with van der Waals surface area (Å²) >= 11 is 5.79. The highest BCUT2D eigenvalue weighted by molar-refractivity contribution is 6.30. The third-order valence-corrected chi connectivity index (χ3v) is 7.06. The molecule has 0 heterocycles. The van der Waals surface area contributed by atoms with Crippen molar-refractivity contribution in [1.29, 1.82) is 0 Å². The molecule has 3 rings (SSSR count). The lowest BCUT2D eigenvalue weighted by molar-refractivity contribution is -0.00397. The number of aliphatic hydroxyl groups is 1. The van der Waals surface area contributed by atoms with Crippen LogP contribution in [0.3, 0.4) is 0 Å². The van der Waals surface area contributed by atoms with Gasteiger partial charge in [0.25, 0.3) is 0 Å². The summed E-state index contributed by atoms with van der Waals surface area (Å²) in [6, 6.07) is 18.1. The van der Waals surface area contributed by atoms with Gasteiger partial charge in [-0.05, 0) is 84.7 Å². The van der Waals surface area contributed by atoms with Crippen LogP contribution in [0.15, 0.2) is 60.7 Å². The molecule has 0 aliphatic carbocycles. The molecule has 0 aliphatic rings. The number of carboxylic acid groups (broad SMARTS) is 1. The quantitative estimate of drug-likeness (QED) is 0.233. The van der Waals surface area contributed by atoms with E-state index in [-0.39, 0.29) is 28.7 Å². The zero-order valence-electron chi connectivity index (χ0n) is 23.5. The Hall–Kier alpha value is -2.77. The molecule has 0 spiro atoms. The first-order valence-corrected chi connectivity index (χ1v) is 13.5. The molecule has 210 valence electrons. The van der Waals surface area contributed by atoms with Gasteiger partial charge in [-0.2, -0.15) is 0 Å². The van der Waals surface area contributed by atoms with Crippen molar-refractivity contribution in [3.8, 4) is 11.1 Å². The maximum Gasteiger partial charge on any atom is 0.335 e. The van der Waals surface area contributed by atoms with Gasteiger partial charge in [0.1, 0.15) is 5.82 Å². The Bertz CT molecular complexity index is 1300. The van der Waals surface area contributed by atoms with Gasteiger partial charge in [-0.3, -0.25) is 0 Å². The molecule has 0 aromatic heterocycles. The summed E-state index contributed by atoms with van der Waals surface area (Å²) in [7, 11) is 0. The fourth-order valence-corrected chi connectivity index (χ4v) is 4.77. The van der Waals surface area contributed by atoms with Gasteiger partial charge < -0.3 is 20.3 Å². The Morgan fingerprint density at radius 3 is 2.38 bits per heavy atom. The Morgan fingerprint density at radius 1 is 1.05 bits per heavy atom. The van der Waals surface area contributed by atoms with Crippen LogP contribution in [0.5, 0.6) is 0 Å². The summed E-state index contributed by atoms with van der Waals surface area (Å²) in [5.74, 6) is -1.39. The number of carbonyl (C=O) groups is 1. The summed E-state index contributed by atoms with van der Waals surface area (Å²) in [4.78, 5) is 11.8. The first kappa shape index (κ1) is 30.8. The van der Waals surface area contributed by atoms with E-state index >= 15 is 0 Å². The molecule has 2 atom stereocenters. The Morgan fingerprint density at radius 2 is 1.74 bits per heavy atom. The molecule has 3 N–H and O–H groups in total. The van der Waals surface area contributed by atoms with Crippen molar-refractivity contribution in [3.63, 3.8) is 0 Å². The number of benzene rings is 3. The molecule has 0 fully saturated rings. The zero-order valence-corrected chi connectivity index (χ0v) is 24.3. The topological polar surface area (TPSA) is 78.8 Å². The second-order valence-corrected chi connectivity index (χ2v) is 12.1. The van der Waals surface area contributed by atoms with Gasteiger partial charge in [-0.15, -0.1) is 0 Å². The van der Waals surface area contributed by atoms with Crippen LogP contribution < -0.4 is 5.32 Å². The van der Waals surface area contributed by atoms with E-state index in [1.165, 1.54) is 6.07 Å². The van der Waals surface area contributed by atoms with Gasteiger partial charge in [0.2, 0.25) is 0 Å². The number of hydrogen-bond acceptors (Lipinski definition) is 4. The minimum absolute atomic E-state index is 0.0969. The predicted molar refractivity (Wildman–Crippen MR) is 155 cm³/mol. The van der Waals surface area contributed by atoms with E-state index < -0.39 is 17.9 Å². The highest BCUT2D eigenvalue weighted by Crippen LogP contribution is 2.35. The van der Waals surface area contributed by atoms with Crippen LogP contribution in [0.25, 0.3) is 11.1 Å². The van der Waals surface area contributed by atoms with Crippen LogP contribution in [0.4, 0.5) is 4.39 Å². The van der Waals surface area contributed by atoms with Crippen molar-refractivity contribution in [2.75, 3.05) is 13.2 Å². The fourth-order valence-electron chi connectivity index (χ4n) is 4.65. The molecular formula is C32H39ClFNO4. The maximum absolute atomic E-state index is 13.8. The third kappa shape index (κ3) is 8.36. The lowest BCUT2D eigenvalue weighted by Gasteiger charge is -2.28. The van der Waals surface area contributed by atoms with Gasteiger partial charge in [0.15, 0.2) is 0 Å². The fraction of sp³-hybridized carbons (Fsp3) is 0.406. The molecule has 3 aromatic rings. The number of β-amino-alcohol motifs (C(OH)–C–C–N with tert-alkyl or cyclic N) is 1. The van der Waals surface area contributed by atoms with Crippen LogP contribution >= 0.6 is 11.6 Å². The smallest absolute Gasteiger partial charge is 0.335 e. The number of aromatic carboxylic acids is 1. The summed E-state index contributed by atoms with van der Waals surface area (Å²) in [5, 5.41) is 23.7. The molecule has 5 nitrogen and oxygen atoms in total. The van der Waals surface area contributed by atoms with Crippen LogP contribution in [0, 0.1) is 5.82 Å². The third-order valence-electron chi connectivity index (χ3n) is 6.75. The van der Waals surface area contributed by atoms with Crippen molar-refractivity contribution < 1.29 is 24.1 Å². The molecule has 0 radical (unpaired) electrons. The Kier molecular flexibility index (Phi) is 9.94. The largest absolute Gasteiger partial charge is 0.478 e. The number of aliphatic hydroxyl groups excluding tert-OH is 1. The highest BCUT2D eigenvalue weighted by atomic mass is 35.5. The number of ether oxygens (including phenoxy) is 1. The second-order valence-electron chi connectivity index (χ2n) is 11.7.